The second kappa shape index (κ2) is 14.0. The first-order chi connectivity index (χ1) is 21.6. The molecule has 242 valence electrons. The van der Waals surface area contributed by atoms with Gasteiger partial charge in [-0.25, -0.2) is 19.9 Å². The molecule has 4 N–H and O–H groups in total. The normalized spacial score (nSPS) is 18.4. The number of carboxylic acid groups (broad SMARTS) is 1. The van der Waals surface area contributed by atoms with Gasteiger partial charge in [-0.05, 0) is 56.8 Å². The molecule has 11 nitrogen and oxygen atoms in total. The molecule has 0 radical (unpaired) electrons. The van der Waals surface area contributed by atoms with Crippen molar-refractivity contribution < 1.29 is 27.8 Å². The number of amidine groups is 1. The van der Waals surface area contributed by atoms with Crippen LogP contribution in [-0.2, 0) is 17.5 Å². The summed E-state index contributed by atoms with van der Waals surface area (Å²) in [7, 11) is 1.22. The molecule has 0 spiro atoms. The van der Waals surface area contributed by atoms with Crippen molar-refractivity contribution in [2.75, 3.05) is 43.6 Å². The highest BCUT2D eigenvalue weighted by molar-refractivity contribution is 7.16. The van der Waals surface area contributed by atoms with Crippen molar-refractivity contribution in [1.29, 1.82) is 0 Å². The summed E-state index contributed by atoms with van der Waals surface area (Å²) < 4.78 is 46.5. The standard InChI is InChI=1S/C30H37F3N8O3S/c1-3-20-5-4-10-41(20)16-24-26(19-6-7-23(44-2)21(13-19)30(31,32)33)39-29(45-24)38-17-37-27(34)22-14-36-25(15-35-22)40-11-8-18(9-12-40)28(42)43/h6-7,13-15,18,20H,3-5,8-12,16-17H2,1-2H3,(H2,34,37)(H,38,39)(H,42,43)/t20-/m1/s1. The number of carbonyl (C=O) groups is 1. The monoisotopic (exact) mass is 646 g/mol. The summed E-state index contributed by atoms with van der Waals surface area (Å²) in [5.41, 5.74) is 6.57. The van der Waals surface area contributed by atoms with Gasteiger partial charge in [0, 0.05) is 36.1 Å². The molecule has 2 aromatic heterocycles. The summed E-state index contributed by atoms with van der Waals surface area (Å²) in [4.78, 5) is 34.3. The molecule has 0 saturated carbocycles. The Morgan fingerprint density at radius 3 is 2.62 bits per heavy atom. The van der Waals surface area contributed by atoms with Gasteiger partial charge in [0.15, 0.2) is 5.13 Å². The Hall–Kier alpha value is -3.98. The Balaban J connectivity index is 1.31. The van der Waals surface area contributed by atoms with E-state index in [0.717, 1.165) is 36.8 Å². The van der Waals surface area contributed by atoms with Crippen LogP contribution in [0.2, 0.25) is 0 Å². The van der Waals surface area contributed by atoms with Crippen molar-refractivity contribution >= 4 is 34.1 Å². The summed E-state index contributed by atoms with van der Waals surface area (Å²) in [6, 6.07) is 4.44. The number of likely N-dealkylation sites (tertiary alicyclic amines) is 1. The van der Waals surface area contributed by atoms with Gasteiger partial charge in [0.1, 0.15) is 29.8 Å². The summed E-state index contributed by atoms with van der Waals surface area (Å²) >= 11 is 1.39. The minimum atomic E-state index is -4.58. The van der Waals surface area contributed by atoms with Gasteiger partial charge in [-0.1, -0.05) is 6.92 Å². The van der Waals surface area contributed by atoms with E-state index in [-0.39, 0.29) is 24.2 Å². The molecule has 4 heterocycles. The summed E-state index contributed by atoms with van der Waals surface area (Å²) in [6.45, 7) is 4.90. The number of aliphatic carboxylic acids is 1. The molecule has 2 aliphatic rings. The molecule has 2 aliphatic heterocycles. The van der Waals surface area contributed by atoms with Crippen LogP contribution in [0.15, 0.2) is 35.6 Å². The number of nitrogens with one attached hydrogen (secondary N) is 1. The number of ether oxygens (including phenoxy) is 1. The molecule has 15 heteroatoms. The van der Waals surface area contributed by atoms with E-state index in [4.69, 9.17) is 15.5 Å². The third-order valence-corrected chi connectivity index (χ3v) is 9.34. The van der Waals surface area contributed by atoms with Gasteiger partial charge in [-0.2, -0.15) is 13.2 Å². The van der Waals surface area contributed by atoms with Gasteiger partial charge in [-0.15, -0.1) is 11.3 Å². The summed E-state index contributed by atoms with van der Waals surface area (Å²) in [5, 5.41) is 12.9. The van der Waals surface area contributed by atoms with Crippen LogP contribution in [0.1, 0.15) is 55.2 Å². The van der Waals surface area contributed by atoms with Crippen LogP contribution >= 0.6 is 11.3 Å². The zero-order valence-corrected chi connectivity index (χ0v) is 26.0. The lowest BCUT2D eigenvalue weighted by molar-refractivity contribution is -0.142. The lowest BCUT2D eigenvalue weighted by Crippen LogP contribution is -2.36. The second-order valence-electron chi connectivity index (χ2n) is 11.1. The van der Waals surface area contributed by atoms with Gasteiger partial charge in [0.25, 0.3) is 0 Å². The van der Waals surface area contributed by atoms with Crippen molar-refractivity contribution in [3.05, 3.63) is 46.7 Å². The second-order valence-corrected chi connectivity index (χ2v) is 12.2. The number of aliphatic imine (C=N–C) groups is 1. The molecule has 2 fully saturated rings. The fourth-order valence-electron chi connectivity index (χ4n) is 5.83. The lowest BCUT2D eigenvalue weighted by Gasteiger charge is -2.30. The van der Waals surface area contributed by atoms with E-state index in [9.17, 15) is 23.1 Å². The predicted octanol–water partition coefficient (Wildman–Crippen LogP) is 5.08. The minimum Gasteiger partial charge on any atom is -0.496 e. The zero-order chi connectivity index (χ0) is 32.1. The Morgan fingerprint density at radius 2 is 1.98 bits per heavy atom. The van der Waals surface area contributed by atoms with E-state index in [1.54, 1.807) is 12.3 Å². The number of hydrogen-bond acceptors (Lipinski definition) is 10. The number of carboxylic acids is 1. The molecule has 0 aliphatic carbocycles. The van der Waals surface area contributed by atoms with E-state index in [1.165, 1.54) is 30.7 Å². The molecule has 0 bridgehead atoms. The van der Waals surface area contributed by atoms with Crippen LogP contribution in [0.4, 0.5) is 24.1 Å². The van der Waals surface area contributed by atoms with Crippen molar-refractivity contribution in [3.63, 3.8) is 0 Å². The number of rotatable bonds is 11. The molecule has 2 saturated heterocycles. The van der Waals surface area contributed by atoms with Crippen molar-refractivity contribution in [2.45, 2.75) is 57.8 Å². The van der Waals surface area contributed by atoms with Gasteiger partial charge in [0.2, 0.25) is 0 Å². The molecule has 1 aromatic carbocycles. The highest BCUT2D eigenvalue weighted by Crippen LogP contribution is 2.41. The van der Waals surface area contributed by atoms with E-state index in [0.29, 0.717) is 66.4 Å². The fourth-order valence-corrected chi connectivity index (χ4v) is 6.83. The molecule has 45 heavy (non-hydrogen) atoms. The number of piperidine rings is 1. The van der Waals surface area contributed by atoms with Crippen molar-refractivity contribution in [2.24, 2.45) is 16.6 Å². The quantitative estimate of drug-likeness (QED) is 0.191. The Labute approximate surface area is 263 Å². The topological polar surface area (TPSA) is 142 Å². The number of hydrogen-bond donors (Lipinski definition) is 3. The highest BCUT2D eigenvalue weighted by atomic mass is 32.1. The highest BCUT2D eigenvalue weighted by Gasteiger charge is 2.35. The SMILES string of the molecule is CC[C@@H]1CCCN1Cc1sc(NCN=C(N)c2cnc(N3CCC(C(=O)O)CC3)cn2)nc1-c1ccc(OC)c(C(F)(F)F)c1. The number of aromatic nitrogens is 3. The molecular formula is C30H37F3N8O3S. The maximum absolute atomic E-state index is 13.8. The average molecular weight is 647 g/mol. The van der Waals surface area contributed by atoms with E-state index in [2.05, 4.69) is 32.1 Å². The summed E-state index contributed by atoms with van der Waals surface area (Å²) in [6.07, 6.45) is 2.82. The van der Waals surface area contributed by atoms with Gasteiger partial charge >= 0.3 is 12.1 Å². The number of anilines is 2. The number of alkyl halides is 3. The van der Waals surface area contributed by atoms with Gasteiger partial charge in [-0.3, -0.25) is 9.69 Å². The van der Waals surface area contributed by atoms with Crippen LogP contribution in [-0.4, -0.2) is 76.2 Å². The zero-order valence-electron chi connectivity index (χ0n) is 25.2. The molecule has 0 unspecified atom stereocenters. The van der Waals surface area contributed by atoms with Crippen LogP contribution in [0.5, 0.6) is 5.75 Å². The number of benzene rings is 1. The van der Waals surface area contributed by atoms with E-state index in [1.807, 2.05) is 4.90 Å². The van der Waals surface area contributed by atoms with Crippen molar-refractivity contribution in [3.8, 4) is 17.0 Å². The van der Waals surface area contributed by atoms with Gasteiger partial charge < -0.3 is 25.8 Å². The van der Waals surface area contributed by atoms with Crippen LogP contribution in [0, 0.1) is 5.92 Å². The lowest BCUT2D eigenvalue weighted by atomic mass is 9.97. The molecular weight excluding hydrogens is 609 g/mol. The van der Waals surface area contributed by atoms with Crippen LogP contribution in [0.3, 0.4) is 0 Å². The van der Waals surface area contributed by atoms with E-state index >= 15 is 0 Å². The van der Waals surface area contributed by atoms with E-state index < -0.39 is 17.7 Å². The Morgan fingerprint density at radius 1 is 1.20 bits per heavy atom. The Kier molecular flexibility index (Phi) is 10.1. The number of halogens is 3. The summed E-state index contributed by atoms with van der Waals surface area (Å²) in [5.74, 6) is -0.541. The maximum atomic E-state index is 13.8. The number of thiazole rings is 1. The van der Waals surface area contributed by atoms with Crippen LogP contribution < -0.4 is 20.7 Å². The first kappa shape index (κ1) is 32.4. The smallest absolute Gasteiger partial charge is 0.419 e. The largest absolute Gasteiger partial charge is 0.496 e. The number of methoxy groups -OCH3 is 1. The van der Waals surface area contributed by atoms with Crippen molar-refractivity contribution in [1.82, 2.24) is 19.9 Å². The number of nitrogens with two attached hydrogens (primary N) is 1. The first-order valence-electron chi connectivity index (χ1n) is 14.9. The minimum absolute atomic E-state index is 0.0715. The fraction of sp³-hybridized carbons (Fsp3) is 0.500. The number of nitrogens with zero attached hydrogens (tertiary/aromatic N) is 6. The molecule has 0 amide bonds. The third-order valence-electron chi connectivity index (χ3n) is 8.34. The predicted molar refractivity (Wildman–Crippen MR) is 167 cm³/mol. The molecule has 3 aromatic rings. The average Bonchev–Trinajstić information content (AvgIpc) is 3.67. The molecule has 1 atom stereocenters. The first-order valence-corrected chi connectivity index (χ1v) is 15.7. The third kappa shape index (κ3) is 7.64. The van der Waals surface area contributed by atoms with Crippen LogP contribution in [0.25, 0.3) is 11.3 Å². The van der Waals surface area contributed by atoms with Gasteiger partial charge in [0.05, 0.1) is 36.7 Å². The maximum Gasteiger partial charge on any atom is 0.419 e. The molecule has 5 rings (SSSR count). The Bertz CT molecular complexity index is 1510.